The quantitative estimate of drug-likeness (QED) is 0.616. The Morgan fingerprint density at radius 1 is 1.22 bits per heavy atom. The Kier molecular flexibility index (Phi) is 4.30. The first-order valence-corrected chi connectivity index (χ1v) is 7.40. The molecule has 1 aliphatic rings. The zero-order chi connectivity index (χ0) is 13.1. The Bertz CT molecular complexity index is 443. The molecule has 0 aliphatic carbocycles. The number of nitrogens with zero attached hydrogens (tertiary/aromatic N) is 1. The number of carbonyl (C=O) groups is 2. The van der Waals surface area contributed by atoms with Crippen molar-refractivity contribution in [2.24, 2.45) is 0 Å². The molecule has 2 rings (SSSR count). The van der Waals surface area contributed by atoms with Gasteiger partial charge >= 0.3 is 0 Å². The summed E-state index contributed by atoms with van der Waals surface area (Å²) in [6, 6.07) is 6.93. The van der Waals surface area contributed by atoms with Gasteiger partial charge in [0.25, 0.3) is 11.8 Å². The maximum absolute atomic E-state index is 12.1. The van der Waals surface area contributed by atoms with E-state index in [-0.39, 0.29) is 17.1 Å². The number of rotatable bonds is 5. The molecule has 1 atom stereocenters. The Morgan fingerprint density at radius 2 is 1.78 bits per heavy atom. The van der Waals surface area contributed by atoms with Crippen LogP contribution in [0.15, 0.2) is 24.3 Å². The van der Waals surface area contributed by atoms with Crippen molar-refractivity contribution in [2.45, 2.75) is 12.2 Å². The molecule has 1 unspecified atom stereocenters. The summed E-state index contributed by atoms with van der Waals surface area (Å²) in [4.78, 5) is 25.5. The third-order valence-electron chi connectivity index (χ3n) is 2.84. The van der Waals surface area contributed by atoms with E-state index in [2.05, 4.69) is 0 Å². The molecule has 1 aliphatic heterocycles. The third kappa shape index (κ3) is 2.40. The molecule has 0 N–H and O–H groups in total. The van der Waals surface area contributed by atoms with Crippen LogP contribution in [0.25, 0.3) is 0 Å². The van der Waals surface area contributed by atoms with E-state index in [1.165, 1.54) is 4.90 Å². The third-order valence-corrected chi connectivity index (χ3v) is 4.51. The van der Waals surface area contributed by atoms with Crippen LogP contribution in [0.3, 0.4) is 0 Å². The minimum absolute atomic E-state index is 0.0962. The lowest BCUT2D eigenvalue weighted by molar-refractivity contribution is 0.0656. The van der Waals surface area contributed by atoms with Crippen LogP contribution < -0.4 is 0 Å². The highest BCUT2D eigenvalue weighted by atomic mass is 35.5. The van der Waals surface area contributed by atoms with Gasteiger partial charge in [-0.15, -0.1) is 11.6 Å². The number of hydrogen-bond acceptors (Lipinski definition) is 3. The number of thioether (sulfide) groups is 1. The number of carbonyl (C=O) groups excluding carboxylic acids is 2. The van der Waals surface area contributed by atoms with E-state index in [1.807, 2.05) is 6.92 Å². The molecule has 0 saturated carbocycles. The van der Waals surface area contributed by atoms with Crippen molar-refractivity contribution >= 4 is 35.2 Å². The minimum atomic E-state index is -0.206. The van der Waals surface area contributed by atoms with E-state index in [4.69, 9.17) is 11.6 Å². The van der Waals surface area contributed by atoms with E-state index in [9.17, 15) is 9.59 Å². The lowest BCUT2D eigenvalue weighted by atomic mass is 10.1. The summed E-state index contributed by atoms with van der Waals surface area (Å²) < 4.78 is 0. The van der Waals surface area contributed by atoms with Gasteiger partial charge in [-0.05, 0) is 17.9 Å². The molecule has 0 fully saturated rings. The average molecular weight is 284 g/mol. The number of fused-ring (bicyclic) bond motifs is 1. The second-order valence-electron chi connectivity index (χ2n) is 4.00. The van der Waals surface area contributed by atoms with Crippen LogP contribution >= 0.6 is 23.4 Å². The highest BCUT2D eigenvalue weighted by Crippen LogP contribution is 2.24. The van der Waals surface area contributed by atoms with Crippen molar-refractivity contribution < 1.29 is 9.59 Å². The van der Waals surface area contributed by atoms with E-state index < -0.39 is 0 Å². The van der Waals surface area contributed by atoms with E-state index in [0.717, 1.165) is 5.75 Å². The fourth-order valence-corrected chi connectivity index (χ4v) is 3.17. The van der Waals surface area contributed by atoms with Crippen LogP contribution in [-0.2, 0) is 0 Å². The number of benzene rings is 1. The molecule has 2 amide bonds. The standard InChI is InChI=1S/C13H14ClNO2S/c1-2-18-9(7-14)8-15-12(16)10-5-3-4-6-11(10)13(15)17/h3-6,9H,2,7-8H2,1H3. The zero-order valence-corrected chi connectivity index (χ0v) is 11.6. The van der Waals surface area contributed by atoms with E-state index >= 15 is 0 Å². The van der Waals surface area contributed by atoms with Crippen LogP contribution in [0.4, 0.5) is 0 Å². The first-order valence-electron chi connectivity index (χ1n) is 5.81. The highest BCUT2D eigenvalue weighted by molar-refractivity contribution is 8.00. The molecular weight excluding hydrogens is 270 g/mol. The molecule has 1 aromatic carbocycles. The Labute approximate surface area is 115 Å². The Morgan fingerprint density at radius 3 is 2.22 bits per heavy atom. The predicted molar refractivity (Wildman–Crippen MR) is 74.4 cm³/mol. The van der Waals surface area contributed by atoms with Gasteiger partial charge in [0.1, 0.15) is 0 Å². The van der Waals surface area contributed by atoms with E-state index in [0.29, 0.717) is 23.6 Å². The van der Waals surface area contributed by atoms with Crippen molar-refractivity contribution in [3.63, 3.8) is 0 Å². The normalized spacial score (nSPS) is 16.0. The van der Waals surface area contributed by atoms with Crippen molar-refractivity contribution in [3.05, 3.63) is 35.4 Å². The molecule has 0 aromatic heterocycles. The van der Waals surface area contributed by atoms with Gasteiger partial charge in [0, 0.05) is 17.7 Å². The largest absolute Gasteiger partial charge is 0.273 e. The van der Waals surface area contributed by atoms with Gasteiger partial charge in [0.05, 0.1) is 11.1 Å². The molecule has 0 spiro atoms. The summed E-state index contributed by atoms with van der Waals surface area (Å²) in [5.74, 6) is 0.941. The number of halogens is 1. The summed E-state index contributed by atoms with van der Waals surface area (Å²) in [6.07, 6.45) is 0. The topological polar surface area (TPSA) is 37.4 Å². The minimum Gasteiger partial charge on any atom is -0.273 e. The fraction of sp³-hybridized carbons (Fsp3) is 0.385. The van der Waals surface area contributed by atoms with Gasteiger partial charge in [0.15, 0.2) is 0 Å². The highest BCUT2D eigenvalue weighted by Gasteiger charge is 2.36. The van der Waals surface area contributed by atoms with Crippen LogP contribution in [0.1, 0.15) is 27.6 Å². The Balaban J connectivity index is 2.18. The Hall–Kier alpha value is -1.00. The molecular formula is C13H14ClNO2S. The lowest BCUT2D eigenvalue weighted by Crippen LogP contribution is -2.36. The van der Waals surface area contributed by atoms with Crippen molar-refractivity contribution in [2.75, 3.05) is 18.2 Å². The summed E-state index contributed by atoms with van der Waals surface area (Å²) in [6.45, 7) is 2.42. The molecule has 0 bridgehead atoms. The molecule has 5 heteroatoms. The van der Waals surface area contributed by atoms with Gasteiger partial charge in [-0.2, -0.15) is 11.8 Å². The number of amides is 2. The SMILES string of the molecule is CCSC(CCl)CN1C(=O)c2ccccc2C1=O. The van der Waals surface area contributed by atoms with Gasteiger partial charge in [0.2, 0.25) is 0 Å². The van der Waals surface area contributed by atoms with Crippen LogP contribution in [0, 0.1) is 0 Å². The van der Waals surface area contributed by atoms with Crippen LogP contribution in [0.2, 0.25) is 0 Å². The number of alkyl halides is 1. The van der Waals surface area contributed by atoms with Gasteiger partial charge < -0.3 is 0 Å². The maximum atomic E-state index is 12.1. The number of hydrogen-bond donors (Lipinski definition) is 0. The molecule has 18 heavy (non-hydrogen) atoms. The van der Waals surface area contributed by atoms with Crippen molar-refractivity contribution in [1.82, 2.24) is 4.90 Å². The van der Waals surface area contributed by atoms with Gasteiger partial charge in [-0.1, -0.05) is 19.1 Å². The first-order chi connectivity index (χ1) is 8.69. The molecule has 96 valence electrons. The average Bonchev–Trinajstić information content (AvgIpc) is 2.64. The van der Waals surface area contributed by atoms with E-state index in [1.54, 1.807) is 36.0 Å². The monoisotopic (exact) mass is 283 g/mol. The smallest absolute Gasteiger partial charge is 0.261 e. The molecule has 1 aromatic rings. The fourth-order valence-electron chi connectivity index (χ4n) is 1.99. The maximum Gasteiger partial charge on any atom is 0.261 e. The molecule has 0 radical (unpaired) electrons. The van der Waals surface area contributed by atoms with Gasteiger partial charge in [-0.25, -0.2) is 0 Å². The summed E-state index contributed by atoms with van der Waals surface area (Å²) in [5, 5.41) is 0.0962. The molecule has 3 nitrogen and oxygen atoms in total. The summed E-state index contributed by atoms with van der Waals surface area (Å²) in [7, 11) is 0. The van der Waals surface area contributed by atoms with Gasteiger partial charge in [-0.3, -0.25) is 14.5 Å². The summed E-state index contributed by atoms with van der Waals surface area (Å²) >= 11 is 7.53. The first kappa shape index (κ1) is 13.4. The molecule has 0 saturated heterocycles. The van der Waals surface area contributed by atoms with Crippen LogP contribution in [0.5, 0.6) is 0 Å². The number of imide groups is 1. The van der Waals surface area contributed by atoms with Crippen molar-refractivity contribution in [3.8, 4) is 0 Å². The van der Waals surface area contributed by atoms with Crippen molar-refractivity contribution in [1.29, 1.82) is 0 Å². The zero-order valence-electron chi connectivity index (χ0n) is 10.1. The second-order valence-corrected chi connectivity index (χ2v) is 5.88. The second kappa shape index (κ2) is 5.76. The predicted octanol–water partition coefficient (Wildman–Crippen LogP) is 2.64. The molecule has 1 heterocycles. The summed E-state index contributed by atoms with van der Waals surface area (Å²) in [5.41, 5.74) is 0.995. The van der Waals surface area contributed by atoms with Crippen LogP contribution in [-0.4, -0.2) is 40.1 Å². The lowest BCUT2D eigenvalue weighted by Gasteiger charge is -2.19.